The summed E-state index contributed by atoms with van der Waals surface area (Å²) in [5.74, 6) is -0.275. The lowest BCUT2D eigenvalue weighted by Gasteiger charge is -2.25. The molecular weight excluding hydrogens is 450 g/mol. The smallest absolute Gasteiger partial charge is 0.337 e. The number of ether oxygens (including phenoxy) is 4. The van der Waals surface area contributed by atoms with E-state index in [1.807, 2.05) is 12.1 Å². The highest BCUT2D eigenvalue weighted by molar-refractivity contribution is 7.89. The molecule has 33 heavy (non-hydrogen) atoms. The van der Waals surface area contributed by atoms with E-state index in [-0.39, 0.29) is 16.0 Å². The van der Waals surface area contributed by atoms with Gasteiger partial charge in [-0.2, -0.15) is 4.31 Å². The summed E-state index contributed by atoms with van der Waals surface area (Å²) >= 11 is 0. The Morgan fingerprint density at radius 3 is 2.18 bits per heavy atom. The number of rotatable bonds is 5. The van der Waals surface area contributed by atoms with Crippen molar-refractivity contribution in [1.82, 2.24) is 4.31 Å². The van der Waals surface area contributed by atoms with Crippen molar-refractivity contribution < 1.29 is 37.0 Å². The van der Waals surface area contributed by atoms with Gasteiger partial charge in [-0.15, -0.1) is 0 Å². The predicted molar refractivity (Wildman–Crippen MR) is 117 cm³/mol. The topological polar surface area (TPSA) is 108 Å². The van der Waals surface area contributed by atoms with Gasteiger partial charge in [0.25, 0.3) is 0 Å². The molecule has 0 bridgehead atoms. The van der Waals surface area contributed by atoms with Gasteiger partial charge in [0.15, 0.2) is 11.5 Å². The first kappa shape index (κ1) is 23.1. The molecule has 0 saturated carbocycles. The van der Waals surface area contributed by atoms with Crippen LogP contribution in [0, 0.1) is 0 Å². The number of benzene rings is 2. The van der Waals surface area contributed by atoms with Crippen molar-refractivity contribution in [2.45, 2.75) is 30.2 Å². The summed E-state index contributed by atoms with van der Waals surface area (Å²) in [6.07, 6.45) is 2.06. The Bertz CT molecular complexity index is 1140. The lowest BCUT2D eigenvalue weighted by atomic mass is 10.0. The third-order valence-electron chi connectivity index (χ3n) is 5.72. The second-order valence-corrected chi connectivity index (χ2v) is 9.65. The van der Waals surface area contributed by atoms with Crippen LogP contribution in [0.3, 0.4) is 0 Å². The molecule has 9 nitrogen and oxygen atoms in total. The minimum Gasteiger partial charge on any atom is -0.490 e. The normalized spacial score (nSPS) is 18.4. The molecule has 0 aliphatic carbocycles. The minimum absolute atomic E-state index is 0.0506. The Morgan fingerprint density at radius 2 is 1.55 bits per heavy atom. The lowest BCUT2D eigenvalue weighted by Crippen LogP contribution is -2.31. The monoisotopic (exact) mass is 475 g/mol. The SMILES string of the molecule is COC(=O)c1cc(C(=O)OC)cc(S(=O)(=O)N2CCC[C@H]2c2ccc3c(c2)OCCCO3)c1. The van der Waals surface area contributed by atoms with E-state index in [0.717, 1.165) is 12.0 Å². The molecule has 1 saturated heterocycles. The van der Waals surface area contributed by atoms with Crippen molar-refractivity contribution in [2.75, 3.05) is 34.0 Å². The molecule has 0 radical (unpaired) electrons. The fourth-order valence-electron chi connectivity index (χ4n) is 4.10. The molecule has 0 unspecified atom stereocenters. The van der Waals surface area contributed by atoms with Crippen molar-refractivity contribution in [1.29, 1.82) is 0 Å². The Labute approximate surface area is 192 Å². The molecule has 1 fully saturated rings. The number of hydrogen-bond donors (Lipinski definition) is 0. The summed E-state index contributed by atoms with van der Waals surface area (Å²) < 4.78 is 49.6. The Balaban J connectivity index is 1.73. The molecular formula is C23H25NO8S. The van der Waals surface area contributed by atoms with Crippen LogP contribution in [-0.2, 0) is 19.5 Å². The third-order valence-corrected chi connectivity index (χ3v) is 7.60. The summed E-state index contributed by atoms with van der Waals surface area (Å²) in [4.78, 5) is 24.1. The van der Waals surface area contributed by atoms with Gasteiger partial charge < -0.3 is 18.9 Å². The van der Waals surface area contributed by atoms with Gasteiger partial charge in [0.2, 0.25) is 10.0 Å². The molecule has 2 heterocycles. The van der Waals surface area contributed by atoms with Crippen LogP contribution in [0.2, 0.25) is 0 Å². The lowest BCUT2D eigenvalue weighted by molar-refractivity contribution is 0.0598. The van der Waals surface area contributed by atoms with Gasteiger partial charge in [0.05, 0.1) is 49.5 Å². The van der Waals surface area contributed by atoms with Crippen LogP contribution in [0.4, 0.5) is 0 Å². The second-order valence-electron chi connectivity index (χ2n) is 7.76. The molecule has 10 heteroatoms. The van der Waals surface area contributed by atoms with Gasteiger partial charge >= 0.3 is 11.9 Å². The molecule has 0 spiro atoms. The van der Waals surface area contributed by atoms with Crippen molar-refractivity contribution >= 4 is 22.0 Å². The maximum Gasteiger partial charge on any atom is 0.337 e. The number of esters is 2. The van der Waals surface area contributed by atoms with Crippen LogP contribution in [-0.4, -0.2) is 58.6 Å². The van der Waals surface area contributed by atoms with Crippen molar-refractivity contribution in [3.8, 4) is 11.5 Å². The number of sulfonamides is 1. The molecule has 4 rings (SSSR count). The first-order valence-electron chi connectivity index (χ1n) is 10.6. The van der Waals surface area contributed by atoms with Crippen molar-refractivity contribution in [2.24, 2.45) is 0 Å². The predicted octanol–water partition coefficient (Wildman–Crippen LogP) is 2.95. The Morgan fingerprint density at radius 1 is 0.909 bits per heavy atom. The zero-order chi connectivity index (χ0) is 23.6. The fraction of sp³-hybridized carbons (Fsp3) is 0.391. The highest BCUT2D eigenvalue weighted by atomic mass is 32.2. The van der Waals surface area contributed by atoms with Gasteiger partial charge in [0, 0.05) is 13.0 Å². The first-order valence-corrected chi connectivity index (χ1v) is 12.0. The van der Waals surface area contributed by atoms with Gasteiger partial charge in [-0.1, -0.05) is 6.07 Å². The van der Waals surface area contributed by atoms with E-state index in [1.165, 1.54) is 36.7 Å². The summed E-state index contributed by atoms with van der Waals surface area (Å²) in [7, 11) is -1.68. The number of carbonyl (C=O) groups excluding carboxylic acids is 2. The number of hydrogen-bond acceptors (Lipinski definition) is 8. The molecule has 2 aromatic rings. The van der Waals surface area contributed by atoms with Crippen LogP contribution in [0.15, 0.2) is 41.3 Å². The number of nitrogens with zero attached hydrogens (tertiary/aromatic N) is 1. The quantitative estimate of drug-likeness (QED) is 0.608. The molecule has 0 amide bonds. The van der Waals surface area contributed by atoms with E-state index < -0.39 is 28.0 Å². The van der Waals surface area contributed by atoms with E-state index in [0.29, 0.717) is 44.1 Å². The summed E-state index contributed by atoms with van der Waals surface area (Å²) in [6, 6.07) is 8.73. The van der Waals surface area contributed by atoms with Crippen molar-refractivity contribution in [3.63, 3.8) is 0 Å². The van der Waals surface area contributed by atoms with E-state index >= 15 is 0 Å². The molecule has 176 valence electrons. The van der Waals surface area contributed by atoms with Crippen molar-refractivity contribution in [3.05, 3.63) is 53.1 Å². The second kappa shape index (κ2) is 9.40. The molecule has 2 aromatic carbocycles. The van der Waals surface area contributed by atoms with Gasteiger partial charge in [-0.05, 0) is 48.7 Å². The molecule has 2 aliphatic heterocycles. The molecule has 0 N–H and O–H groups in total. The Hall–Kier alpha value is -3.11. The number of fused-ring (bicyclic) bond motifs is 1. The minimum atomic E-state index is -4.05. The van der Waals surface area contributed by atoms with Gasteiger partial charge in [0.1, 0.15) is 0 Å². The van der Waals surface area contributed by atoms with Crippen LogP contribution in [0.5, 0.6) is 11.5 Å². The summed E-state index contributed by atoms with van der Waals surface area (Å²) in [5, 5.41) is 0. The average molecular weight is 476 g/mol. The van der Waals surface area contributed by atoms with Crippen LogP contribution in [0.1, 0.15) is 51.6 Å². The molecule has 0 aromatic heterocycles. The standard InChI is InChI=1S/C23H25NO8S/c1-29-22(25)16-11-17(23(26)30-2)13-18(12-16)33(27,28)24-8-3-5-19(24)15-6-7-20-21(14-15)32-10-4-9-31-20/h6-7,11-14,19H,3-5,8-10H2,1-2H3/t19-/m0/s1. The van der Waals surface area contributed by atoms with E-state index in [2.05, 4.69) is 0 Å². The highest BCUT2D eigenvalue weighted by Crippen LogP contribution is 2.40. The molecule has 1 atom stereocenters. The van der Waals surface area contributed by atoms with E-state index in [1.54, 1.807) is 6.07 Å². The largest absolute Gasteiger partial charge is 0.490 e. The number of methoxy groups -OCH3 is 2. The zero-order valence-electron chi connectivity index (χ0n) is 18.4. The highest BCUT2D eigenvalue weighted by Gasteiger charge is 2.37. The van der Waals surface area contributed by atoms with Crippen LogP contribution in [0.25, 0.3) is 0 Å². The van der Waals surface area contributed by atoms with Crippen LogP contribution >= 0.6 is 0 Å². The summed E-state index contributed by atoms with van der Waals surface area (Å²) in [5.41, 5.74) is 0.688. The maximum atomic E-state index is 13.7. The van der Waals surface area contributed by atoms with E-state index in [9.17, 15) is 18.0 Å². The van der Waals surface area contributed by atoms with E-state index in [4.69, 9.17) is 18.9 Å². The number of carbonyl (C=O) groups is 2. The fourth-order valence-corrected chi connectivity index (χ4v) is 5.86. The maximum absolute atomic E-state index is 13.7. The molecule has 2 aliphatic rings. The summed E-state index contributed by atoms with van der Waals surface area (Å²) in [6.45, 7) is 1.40. The zero-order valence-corrected chi connectivity index (χ0v) is 19.2. The first-order chi connectivity index (χ1) is 15.8. The van der Waals surface area contributed by atoms with Crippen LogP contribution < -0.4 is 9.47 Å². The van der Waals surface area contributed by atoms with Gasteiger partial charge in [-0.25, -0.2) is 18.0 Å². The Kier molecular flexibility index (Phi) is 6.57. The third kappa shape index (κ3) is 4.53. The average Bonchev–Trinajstić information content (AvgIpc) is 3.22. The van der Waals surface area contributed by atoms with Gasteiger partial charge in [-0.3, -0.25) is 0 Å².